The van der Waals surface area contributed by atoms with Crippen molar-refractivity contribution in [3.05, 3.63) is 105 Å². The van der Waals surface area contributed by atoms with E-state index >= 15 is 0 Å². The summed E-state index contributed by atoms with van der Waals surface area (Å²) in [4.78, 5) is 0. The number of hydrogen-bond donors (Lipinski definition) is 0. The predicted molar refractivity (Wildman–Crippen MR) is 113 cm³/mol. The van der Waals surface area contributed by atoms with Gasteiger partial charge in [-0.1, -0.05) is 48.6 Å². The Balaban J connectivity index is 1.95. The molecule has 148 valence electrons. The van der Waals surface area contributed by atoms with Crippen molar-refractivity contribution in [3.8, 4) is 17.9 Å². The highest BCUT2D eigenvalue weighted by Crippen LogP contribution is 2.30. The number of rotatable bonds is 3. The second-order valence-electron chi connectivity index (χ2n) is 6.78. The Morgan fingerprint density at radius 1 is 0.833 bits per heavy atom. The van der Waals surface area contributed by atoms with Crippen molar-refractivity contribution < 1.29 is 13.2 Å². The van der Waals surface area contributed by atoms with Crippen LogP contribution in [0.1, 0.15) is 45.9 Å². The van der Waals surface area contributed by atoms with Crippen molar-refractivity contribution in [2.45, 2.75) is 20.3 Å². The molecular formula is C26H18F3N. The van der Waals surface area contributed by atoms with Crippen molar-refractivity contribution in [1.29, 1.82) is 5.26 Å². The molecule has 0 N–H and O–H groups in total. The predicted octanol–water partition coefficient (Wildman–Crippen LogP) is 6.73. The van der Waals surface area contributed by atoms with Crippen molar-refractivity contribution in [2.75, 3.05) is 0 Å². The molecule has 3 rings (SSSR count). The molecule has 0 bridgehead atoms. The minimum absolute atomic E-state index is 0.0509. The van der Waals surface area contributed by atoms with Gasteiger partial charge in [-0.2, -0.15) is 5.26 Å². The first kappa shape index (κ1) is 21.0. The quantitative estimate of drug-likeness (QED) is 0.352. The summed E-state index contributed by atoms with van der Waals surface area (Å²) in [6, 6.07) is 17.2. The summed E-state index contributed by atoms with van der Waals surface area (Å²) in [5.41, 5.74) is 3.09. The van der Waals surface area contributed by atoms with Crippen molar-refractivity contribution in [3.63, 3.8) is 0 Å². The van der Waals surface area contributed by atoms with Gasteiger partial charge >= 0.3 is 0 Å². The fraction of sp³-hybridized carbons (Fsp3) is 0.115. The SMILES string of the molecule is CCc1cc(/C(F)=C(\F)c2ccc(C#N)c(F)c2)ccc1C#Cc1ccc(C)cc1. The molecule has 0 unspecified atom stereocenters. The fourth-order valence-electron chi connectivity index (χ4n) is 2.92. The van der Waals surface area contributed by atoms with Gasteiger partial charge in [-0.3, -0.25) is 0 Å². The van der Waals surface area contributed by atoms with Crippen LogP contribution in [-0.2, 0) is 6.42 Å². The van der Waals surface area contributed by atoms with Gasteiger partial charge in [0.05, 0.1) is 5.56 Å². The Morgan fingerprint density at radius 2 is 1.43 bits per heavy atom. The Morgan fingerprint density at radius 3 is 2.00 bits per heavy atom. The lowest BCUT2D eigenvalue weighted by Crippen LogP contribution is -1.93. The first-order valence-corrected chi connectivity index (χ1v) is 9.40. The Hall–Kier alpha value is -3.76. The van der Waals surface area contributed by atoms with Gasteiger partial charge in [0.2, 0.25) is 0 Å². The number of nitriles is 1. The fourth-order valence-corrected chi connectivity index (χ4v) is 2.92. The molecule has 0 atom stereocenters. The van der Waals surface area contributed by atoms with Crippen LogP contribution in [0.15, 0.2) is 60.7 Å². The van der Waals surface area contributed by atoms with E-state index in [1.807, 2.05) is 38.1 Å². The third-order valence-corrected chi connectivity index (χ3v) is 4.67. The highest BCUT2D eigenvalue weighted by molar-refractivity contribution is 5.83. The van der Waals surface area contributed by atoms with Gasteiger partial charge < -0.3 is 0 Å². The zero-order chi connectivity index (χ0) is 21.7. The van der Waals surface area contributed by atoms with Crippen molar-refractivity contribution in [1.82, 2.24) is 0 Å². The third-order valence-electron chi connectivity index (χ3n) is 4.67. The molecule has 0 saturated heterocycles. The van der Waals surface area contributed by atoms with Gasteiger partial charge in [0, 0.05) is 22.3 Å². The number of aryl methyl sites for hydroxylation is 2. The maximum atomic E-state index is 14.7. The summed E-state index contributed by atoms with van der Waals surface area (Å²) in [5, 5.41) is 8.77. The van der Waals surface area contributed by atoms with Crippen LogP contribution < -0.4 is 0 Å². The molecule has 0 fully saturated rings. The molecule has 0 heterocycles. The number of halogens is 3. The Labute approximate surface area is 174 Å². The van der Waals surface area contributed by atoms with E-state index in [2.05, 4.69) is 11.8 Å². The van der Waals surface area contributed by atoms with Gasteiger partial charge in [-0.15, -0.1) is 0 Å². The van der Waals surface area contributed by atoms with Crippen LogP contribution in [0.25, 0.3) is 11.7 Å². The van der Waals surface area contributed by atoms with E-state index in [0.717, 1.165) is 34.4 Å². The van der Waals surface area contributed by atoms with E-state index in [9.17, 15) is 13.2 Å². The van der Waals surface area contributed by atoms with Gasteiger partial charge in [0.15, 0.2) is 11.7 Å². The summed E-state index contributed by atoms with van der Waals surface area (Å²) in [7, 11) is 0. The van der Waals surface area contributed by atoms with Crippen molar-refractivity contribution in [2.24, 2.45) is 0 Å². The molecule has 0 amide bonds. The minimum atomic E-state index is -1.18. The Kier molecular flexibility index (Phi) is 6.40. The van der Waals surface area contributed by atoms with Crippen LogP contribution in [0.4, 0.5) is 13.2 Å². The van der Waals surface area contributed by atoms with E-state index < -0.39 is 17.5 Å². The van der Waals surface area contributed by atoms with Gasteiger partial charge in [0.25, 0.3) is 0 Å². The van der Waals surface area contributed by atoms with Crippen LogP contribution in [-0.4, -0.2) is 0 Å². The first-order valence-electron chi connectivity index (χ1n) is 9.40. The van der Waals surface area contributed by atoms with E-state index in [1.165, 1.54) is 12.1 Å². The van der Waals surface area contributed by atoms with Crippen LogP contribution >= 0.6 is 0 Å². The topological polar surface area (TPSA) is 23.8 Å². The monoisotopic (exact) mass is 401 g/mol. The molecule has 3 aromatic rings. The molecule has 3 aromatic carbocycles. The highest BCUT2D eigenvalue weighted by Gasteiger charge is 2.15. The lowest BCUT2D eigenvalue weighted by atomic mass is 10.00. The molecule has 0 aliphatic carbocycles. The van der Waals surface area contributed by atoms with Crippen LogP contribution in [0, 0.1) is 35.9 Å². The molecule has 0 radical (unpaired) electrons. The molecule has 1 nitrogen and oxygen atoms in total. The van der Waals surface area contributed by atoms with Crippen molar-refractivity contribution >= 4 is 11.7 Å². The summed E-state index contributed by atoms with van der Waals surface area (Å²) in [6.45, 7) is 3.91. The number of benzene rings is 3. The molecular weight excluding hydrogens is 383 g/mol. The van der Waals surface area contributed by atoms with Gasteiger partial charge in [-0.25, -0.2) is 13.2 Å². The normalized spacial score (nSPS) is 11.2. The average Bonchev–Trinajstić information content (AvgIpc) is 2.77. The molecule has 0 spiro atoms. The zero-order valence-electron chi connectivity index (χ0n) is 16.6. The molecule has 0 aliphatic heterocycles. The second kappa shape index (κ2) is 9.16. The standard InChI is InChI=1S/C26H18F3N/c1-3-19-14-21(11-10-20(19)9-8-18-6-4-17(2)5-7-18)25(28)26(29)22-12-13-23(16-30)24(27)15-22/h4-7,10-15H,3H2,1-2H3/b26-25+. The first-order chi connectivity index (χ1) is 14.4. The molecule has 4 heteroatoms. The largest absolute Gasteiger partial charge is 0.206 e. The summed E-state index contributed by atoms with van der Waals surface area (Å²) in [6.07, 6.45) is 0.589. The maximum Gasteiger partial charge on any atom is 0.166 e. The van der Waals surface area contributed by atoms with Crippen LogP contribution in [0.5, 0.6) is 0 Å². The minimum Gasteiger partial charge on any atom is -0.206 e. The van der Waals surface area contributed by atoms with E-state index in [0.29, 0.717) is 6.42 Å². The molecule has 0 aromatic heterocycles. The van der Waals surface area contributed by atoms with Crippen LogP contribution in [0.3, 0.4) is 0 Å². The molecule has 0 aliphatic rings. The van der Waals surface area contributed by atoms with E-state index in [4.69, 9.17) is 5.26 Å². The summed E-state index contributed by atoms with van der Waals surface area (Å²) in [5.74, 6) is 3.00. The number of nitrogens with zero attached hydrogens (tertiary/aromatic N) is 1. The lowest BCUT2D eigenvalue weighted by Gasteiger charge is -2.07. The summed E-state index contributed by atoms with van der Waals surface area (Å²) < 4.78 is 43.1. The lowest BCUT2D eigenvalue weighted by molar-refractivity contribution is 0.621. The Bertz CT molecular complexity index is 1220. The van der Waals surface area contributed by atoms with E-state index in [1.54, 1.807) is 18.2 Å². The number of hydrogen-bond acceptors (Lipinski definition) is 1. The van der Waals surface area contributed by atoms with Crippen LogP contribution in [0.2, 0.25) is 0 Å². The zero-order valence-corrected chi connectivity index (χ0v) is 16.6. The third kappa shape index (κ3) is 4.62. The molecule has 0 saturated carbocycles. The second-order valence-corrected chi connectivity index (χ2v) is 6.78. The summed E-state index contributed by atoms with van der Waals surface area (Å²) >= 11 is 0. The average molecular weight is 401 g/mol. The highest BCUT2D eigenvalue weighted by atomic mass is 19.2. The van der Waals surface area contributed by atoms with Gasteiger partial charge in [0.1, 0.15) is 11.9 Å². The van der Waals surface area contributed by atoms with Gasteiger partial charge in [-0.05, 0) is 55.3 Å². The maximum absolute atomic E-state index is 14.7. The van der Waals surface area contributed by atoms with E-state index in [-0.39, 0.29) is 16.7 Å². The smallest absolute Gasteiger partial charge is 0.166 e. The molecule has 30 heavy (non-hydrogen) atoms.